The van der Waals surface area contributed by atoms with Gasteiger partial charge in [0, 0.05) is 23.5 Å². The van der Waals surface area contributed by atoms with Crippen molar-refractivity contribution in [1.29, 1.82) is 0 Å². The maximum atomic E-state index is 11.8. The van der Waals surface area contributed by atoms with Gasteiger partial charge in [0.05, 0.1) is 13.2 Å². The van der Waals surface area contributed by atoms with E-state index >= 15 is 0 Å². The van der Waals surface area contributed by atoms with Crippen LogP contribution >= 0.6 is 0 Å². The van der Waals surface area contributed by atoms with Crippen molar-refractivity contribution in [3.63, 3.8) is 0 Å². The van der Waals surface area contributed by atoms with Crippen molar-refractivity contribution in [1.82, 2.24) is 15.6 Å². The molecule has 1 aliphatic rings. The van der Waals surface area contributed by atoms with Crippen LogP contribution in [0, 0.1) is 0 Å². The van der Waals surface area contributed by atoms with E-state index in [1.54, 1.807) is 40.8 Å². The van der Waals surface area contributed by atoms with E-state index in [0.29, 0.717) is 26.1 Å². The van der Waals surface area contributed by atoms with Crippen molar-refractivity contribution < 1.29 is 38.5 Å². The van der Waals surface area contributed by atoms with Gasteiger partial charge < -0.3 is 29.6 Å². The predicted molar refractivity (Wildman–Crippen MR) is 136 cm³/mol. The number of ether oxygens (including phenoxy) is 3. The van der Waals surface area contributed by atoms with Gasteiger partial charge in [-0.3, -0.25) is 14.9 Å². The van der Waals surface area contributed by atoms with Crippen LogP contribution in [0.4, 0.5) is 4.79 Å². The van der Waals surface area contributed by atoms with Crippen molar-refractivity contribution in [2.45, 2.75) is 77.6 Å². The number of aromatic amines is 1. The van der Waals surface area contributed by atoms with Crippen LogP contribution < -0.4 is 10.6 Å². The van der Waals surface area contributed by atoms with Crippen molar-refractivity contribution in [3.05, 3.63) is 36.0 Å². The van der Waals surface area contributed by atoms with Gasteiger partial charge in [0.15, 0.2) is 0 Å². The van der Waals surface area contributed by atoms with Crippen molar-refractivity contribution >= 4 is 34.9 Å². The molecule has 1 aromatic carbocycles. The van der Waals surface area contributed by atoms with Crippen molar-refractivity contribution in [2.24, 2.45) is 0 Å². The number of carbonyl (C=O) groups excluding carboxylic acids is 3. The van der Waals surface area contributed by atoms with E-state index in [9.17, 15) is 24.3 Å². The first-order valence-corrected chi connectivity index (χ1v) is 12.3. The van der Waals surface area contributed by atoms with Gasteiger partial charge in [0.1, 0.15) is 23.7 Å². The Morgan fingerprint density at radius 3 is 2.11 bits per heavy atom. The number of H-pyrrole nitrogens is 1. The Morgan fingerprint density at radius 1 is 1.03 bits per heavy atom. The first-order valence-electron chi connectivity index (χ1n) is 12.3. The minimum absolute atomic E-state index is 0.179. The second-order valence-corrected chi connectivity index (χ2v) is 9.45. The average molecular weight is 520 g/mol. The topological polar surface area (TPSA) is 156 Å². The van der Waals surface area contributed by atoms with Crippen molar-refractivity contribution in [2.75, 3.05) is 13.2 Å². The van der Waals surface area contributed by atoms with Crippen LogP contribution in [0.5, 0.6) is 0 Å². The predicted octanol–water partition coefficient (Wildman–Crippen LogP) is 2.92. The molecular weight excluding hydrogens is 482 g/mol. The molecule has 11 nitrogen and oxygen atoms in total. The summed E-state index contributed by atoms with van der Waals surface area (Å²) in [4.78, 5) is 48.9. The molecule has 1 aromatic heterocycles. The summed E-state index contributed by atoms with van der Waals surface area (Å²) >= 11 is 0. The molecule has 204 valence electrons. The number of hydrogen-bond donors (Lipinski definition) is 4. The second kappa shape index (κ2) is 13.6. The quantitative estimate of drug-likeness (QED) is 0.304. The summed E-state index contributed by atoms with van der Waals surface area (Å²) in [5.41, 5.74) is 1.09. The number of aliphatic carboxylic acids is 1. The highest BCUT2D eigenvalue weighted by Gasteiger charge is 2.34. The fraction of sp³-hybridized carbons (Fsp3) is 0.538. The van der Waals surface area contributed by atoms with E-state index < -0.39 is 23.7 Å². The van der Waals surface area contributed by atoms with Crippen LogP contribution in [0.2, 0.25) is 0 Å². The highest BCUT2D eigenvalue weighted by Crippen LogP contribution is 2.19. The van der Waals surface area contributed by atoms with E-state index in [1.807, 2.05) is 24.3 Å². The molecule has 1 fully saturated rings. The lowest BCUT2D eigenvalue weighted by molar-refractivity contribution is -0.147. The Morgan fingerprint density at radius 2 is 1.59 bits per heavy atom. The highest BCUT2D eigenvalue weighted by atomic mass is 16.6. The van der Waals surface area contributed by atoms with E-state index in [-0.39, 0.29) is 30.4 Å². The highest BCUT2D eigenvalue weighted by molar-refractivity contribution is 5.85. The number of aromatic nitrogens is 1. The lowest BCUT2D eigenvalue weighted by Gasteiger charge is -2.21. The zero-order chi connectivity index (χ0) is 27.6. The van der Waals surface area contributed by atoms with Gasteiger partial charge in [-0.15, -0.1) is 0 Å². The number of carboxylic acids is 1. The number of fused-ring (bicyclic) bond motifs is 1. The molecule has 1 amide bonds. The molecule has 0 bridgehead atoms. The Labute approximate surface area is 216 Å². The summed E-state index contributed by atoms with van der Waals surface area (Å²) in [6.45, 7) is 9.42. The summed E-state index contributed by atoms with van der Waals surface area (Å²) in [6.07, 6.45) is 2.46. The van der Waals surface area contributed by atoms with Crippen LogP contribution in [-0.2, 0) is 35.0 Å². The second-order valence-electron chi connectivity index (χ2n) is 9.45. The van der Waals surface area contributed by atoms with Gasteiger partial charge in [-0.2, -0.15) is 0 Å². The molecule has 2 aromatic rings. The van der Waals surface area contributed by atoms with E-state index in [2.05, 4.69) is 15.6 Å². The maximum absolute atomic E-state index is 11.8. The first kappa shape index (κ1) is 29.6. The smallest absolute Gasteiger partial charge is 0.408 e. The number of nitrogens with one attached hydrogen (secondary N) is 3. The Bertz CT molecular complexity index is 1050. The molecule has 4 N–H and O–H groups in total. The normalized spacial score (nSPS) is 17.8. The zero-order valence-electron chi connectivity index (χ0n) is 22.0. The largest absolute Gasteiger partial charge is 0.480 e. The van der Waals surface area contributed by atoms with E-state index in [1.165, 1.54) is 0 Å². The van der Waals surface area contributed by atoms with Gasteiger partial charge in [-0.05, 0) is 59.1 Å². The number of carboxylic acid groups (broad SMARTS) is 1. The van der Waals surface area contributed by atoms with Crippen molar-refractivity contribution in [3.8, 4) is 0 Å². The average Bonchev–Trinajstić information content (AvgIpc) is 3.46. The molecule has 3 rings (SSSR count). The number of amides is 1. The Kier molecular flexibility index (Phi) is 10.9. The summed E-state index contributed by atoms with van der Waals surface area (Å²) in [7, 11) is 0. The van der Waals surface area contributed by atoms with Gasteiger partial charge in [0.2, 0.25) is 0 Å². The van der Waals surface area contributed by atoms with Crippen LogP contribution in [0.15, 0.2) is 30.5 Å². The molecular formula is C26H37N3O8. The molecule has 37 heavy (non-hydrogen) atoms. The molecule has 0 aliphatic carbocycles. The maximum Gasteiger partial charge on any atom is 0.408 e. The number of esters is 2. The molecule has 2 heterocycles. The van der Waals surface area contributed by atoms with Gasteiger partial charge in [-0.1, -0.05) is 18.2 Å². The fourth-order valence-corrected chi connectivity index (χ4v) is 3.77. The van der Waals surface area contributed by atoms with Gasteiger partial charge in [-0.25, -0.2) is 9.59 Å². The molecule has 0 spiro atoms. The summed E-state index contributed by atoms with van der Waals surface area (Å²) in [6, 6.07) is 5.84. The van der Waals surface area contributed by atoms with Crippen LogP contribution in [0.25, 0.3) is 10.9 Å². The minimum atomic E-state index is -1.10. The number of hydrogen-bond acceptors (Lipinski definition) is 8. The number of carbonyl (C=O) groups is 4. The third kappa shape index (κ3) is 9.41. The summed E-state index contributed by atoms with van der Waals surface area (Å²) in [5.74, 6) is -1.68. The summed E-state index contributed by atoms with van der Waals surface area (Å²) in [5, 5.41) is 15.6. The first-order chi connectivity index (χ1) is 17.4. The van der Waals surface area contributed by atoms with Crippen LogP contribution in [0.3, 0.4) is 0 Å². The zero-order valence-corrected chi connectivity index (χ0v) is 22.0. The standard InChI is InChI=1S/C16H20N2O4.C10H17NO4/c1-16(2,3)22-15(21)18-13(14(19)20)8-10-9-17-12-7-5-4-6-11(10)12;1-3-14-9(12)7-5-6-8(11-7)10(13)15-4-2/h4-7,9,13,17H,8H2,1-3H3,(H,18,21)(H,19,20);7-8,11H,3-6H2,1-2H3/t13-;7-,8-/m11/s1. The molecule has 1 aliphatic heterocycles. The third-order valence-corrected chi connectivity index (χ3v) is 5.38. The molecule has 1 saturated heterocycles. The fourth-order valence-electron chi connectivity index (χ4n) is 3.77. The third-order valence-electron chi connectivity index (χ3n) is 5.38. The molecule has 0 radical (unpaired) electrons. The minimum Gasteiger partial charge on any atom is -0.480 e. The number of rotatable bonds is 8. The molecule has 11 heteroatoms. The molecule has 0 unspecified atom stereocenters. The Balaban J connectivity index is 0.000000281. The van der Waals surface area contributed by atoms with Crippen LogP contribution in [-0.4, -0.2) is 71.0 Å². The van der Waals surface area contributed by atoms with Gasteiger partial charge in [0.25, 0.3) is 0 Å². The molecule has 3 atom stereocenters. The number of para-hydroxylation sites is 1. The van der Waals surface area contributed by atoms with Crippen LogP contribution in [0.1, 0.15) is 53.0 Å². The van der Waals surface area contributed by atoms with Gasteiger partial charge >= 0.3 is 24.0 Å². The number of benzene rings is 1. The SMILES string of the molecule is CC(C)(C)OC(=O)N[C@H](Cc1c[nH]c2ccccc12)C(=O)O.CCOC(=O)[C@H]1CC[C@H](C(=O)OCC)N1. The lowest BCUT2D eigenvalue weighted by Crippen LogP contribution is -2.44. The monoisotopic (exact) mass is 519 g/mol. The summed E-state index contributed by atoms with van der Waals surface area (Å²) < 4.78 is 14.8. The lowest BCUT2D eigenvalue weighted by atomic mass is 10.1. The molecule has 0 saturated carbocycles. The Hall–Kier alpha value is -3.60. The number of alkyl carbamates (subject to hydrolysis) is 1. The van der Waals surface area contributed by atoms with E-state index in [0.717, 1.165) is 16.5 Å². The van der Waals surface area contributed by atoms with E-state index in [4.69, 9.17) is 14.2 Å².